The highest BCUT2D eigenvalue weighted by atomic mass is 32.1. The SMILES string of the molecule is CCCCN(C(=S)Nc1ccc(C)c(F)c1)c1c(N)n(CCCC)c(=O)[nH]c1=O. The number of thiocarbonyl (C=S) groups is 1. The quantitative estimate of drug-likeness (QED) is 0.566. The van der Waals surface area contributed by atoms with Crippen molar-refractivity contribution in [2.75, 3.05) is 22.5 Å². The minimum absolute atomic E-state index is 0.0718. The Morgan fingerprint density at radius 1 is 1.28 bits per heavy atom. The van der Waals surface area contributed by atoms with E-state index in [-0.39, 0.29) is 22.4 Å². The monoisotopic (exact) mass is 421 g/mol. The summed E-state index contributed by atoms with van der Waals surface area (Å²) >= 11 is 5.51. The summed E-state index contributed by atoms with van der Waals surface area (Å²) in [5.74, 6) is -0.286. The van der Waals surface area contributed by atoms with Crippen LogP contribution in [0.3, 0.4) is 0 Å². The maximum Gasteiger partial charge on any atom is 0.330 e. The van der Waals surface area contributed by atoms with Crippen molar-refractivity contribution in [3.8, 4) is 0 Å². The van der Waals surface area contributed by atoms with E-state index in [2.05, 4.69) is 10.3 Å². The Morgan fingerprint density at radius 2 is 1.97 bits per heavy atom. The van der Waals surface area contributed by atoms with Gasteiger partial charge in [-0.05, 0) is 49.7 Å². The molecule has 29 heavy (non-hydrogen) atoms. The lowest BCUT2D eigenvalue weighted by atomic mass is 10.2. The molecule has 9 heteroatoms. The van der Waals surface area contributed by atoms with Crippen molar-refractivity contribution < 1.29 is 4.39 Å². The number of hydrogen-bond acceptors (Lipinski definition) is 4. The van der Waals surface area contributed by atoms with E-state index in [1.807, 2.05) is 13.8 Å². The van der Waals surface area contributed by atoms with Crippen molar-refractivity contribution in [1.29, 1.82) is 0 Å². The van der Waals surface area contributed by atoms with Gasteiger partial charge in [0.25, 0.3) is 5.56 Å². The van der Waals surface area contributed by atoms with Gasteiger partial charge in [0.1, 0.15) is 11.6 Å². The number of nitrogen functional groups attached to an aromatic ring is 1. The van der Waals surface area contributed by atoms with Crippen LogP contribution in [0.25, 0.3) is 0 Å². The van der Waals surface area contributed by atoms with Crippen LogP contribution in [0, 0.1) is 12.7 Å². The molecule has 0 saturated heterocycles. The van der Waals surface area contributed by atoms with Gasteiger partial charge in [0.2, 0.25) is 0 Å². The van der Waals surface area contributed by atoms with E-state index in [1.165, 1.54) is 10.6 Å². The van der Waals surface area contributed by atoms with Gasteiger partial charge in [0.15, 0.2) is 10.8 Å². The fraction of sp³-hybridized carbons (Fsp3) is 0.450. The molecule has 0 radical (unpaired) electrons. The number of benzene rings is 1. The summed E-state index contributed by atoms with van der Waals surface area (Å²) in [6.45, 7) is 6.51. The summed E-state index contributed by atoms with van der Waals surface area (Å²) in [4.78, 5) is 28.7. The molecule has 2 rings (SSSR count). The number of aryl methyl sites for hydroxylation is 1. The summed E-state index contributed by atoms with van der Waals surface area (Å²) in [6.07, 6.45) is 3.23. The number of aromatic amines is 1. The summed E-state index contributed by atoms with van der Waals surface area (Å²) in [6, 6.07) is 4.69. The zero-order valence-electron chi connectivity index (χ0n) is 17.0. The van der Waals surface area contributed by atoms with Crippen molar-refractivity contribution in [1.82, 2.24) is 9.55 Å². The Balaban J connectivity index is 2.45. The number of aromatic nitrogens is 2. The summed E-state index contributed by atoms with van der Waals surface area (Å²) in [7, 11) is 0. The molecule has 1 heterocycles. The average Bonchev–Trinajstić information content (AvgIpc) is 2.66. The van der Waals surface area contributed by atoms with Crippen LogP contribution in [-0.2, 0) is 6.54 Å². The van der Waals surface area contributed by atoms with E-state index in [9.17, 15) is 14.0 Å². The van der Waals surface area contributed by atoms with Crippen LogP contribution in [0.15, 0.2) is 27.8 Å². The van der Waals surface area contributed by atoms with Crippen molar-refractivity contribution in [3.05, 3.63) is 50.4 Å². The largest absolute Gasteiger partial charge is 0.383 e. The minimum atomic E-state index is -0.601. The first kappa shape index (κ1) is 22.6. The number of rotatable bonds is 8. The van der Waals surface area contributed by atoms with Crippen molar-refractivity contribution in [3.63, 3.8) is 0 Å². The highest BCUT2D eigenvalue weighted by Gasteiger charge is 2.22. The van der Waals surface area contributed by atoms with Gasteiger partial charge in [-0.3, -0.25) is 14.3 Å². The molecule has 0 aliphatic heterocycles. The van der Waals surface area contributed by atoms with E-state index in [4.69, 9.17) is 18.0 Å². The lowest BCUT2D eigenvalue weighted by Crippen LogP contribution is -2.43. The van der Waals surface area contributed by atoms with Crippen LogP contribution in [0.1, 0.15) is 45.1 Å². The van der Waals surface area contributed by atoms with E-state index in [0.717, 1.165) is 25.7 Å². The van der Waals surface area contributed by atoms with E-state index < -0.39 is 11.2 Å². The molecule has 1 aromatic carbocycles. The number of halogens is 1. The maximum absolute atomic E-state index is 13.9. The molecule has 0 amide bonds. The second-order valence-electron chi connectivity index (χ2n) is 6.90. The summed E-state index contributed by atoms with van der Waals surface area (Å²) < 4.78 is 15.2. The molecular formula is C20H28FN5O2S. The Bertz CT molecular complexity index is 986. The molecule has 0 unspecified atom stereocenters. The fourth-order valence-corrected chi connectivity index (χ4v) is 3.17. The van der Waals surface area contributed by atoms with Gasteiger partial charge < -0.3 is 16.0 Å². The topological polar surface area (TPSA) is 96.2 Å². The highest BCUT2D eigenvalue weighted by molar-refractivity contribution is 7.80. The number of nitrogens with two attached hydrogens (primary N) is 1. The molecule has 7 nitrogen and oxygen atoms in total. The number of H-pyrrole nitrogens is 1. The van der Waals surface area contributed by atoms with E-state index in [1.54, 1.807) is 24.0 Å². The zero-order valence-corrected chi connectivity index (χ0v) is 17.9. The van der Waals surface area contributed by atoms with Crippen LogP contribution < -0.4 is 27.2 Å². The van der Waals surface area contributed by atoms with Gasteiger partial charge in [0.05, 0.1) is 0 Å². The first-order valence-corrected chi connectivity index (χ1v) is 10.2. The third kappa shape index (κ3) is 5.44. The third-order valence-electron chi connectivity index (χ3n) is 4.62. The molecule has 0 saturated carbocycles. The van der Waals surface area contributed by atoms with Crippen LogP contribution in [0.2, 0.25) is 0 Å². The molecule has 0 aliphatic carbocycles. The Kier molecular flexibility index (Phi) is 7.95. The summed E-state index contributed by atoms with van der Waals surface area (Å²) in [5, 5.41) is 3.18. The fourth-order valence-electron chi connectivity index (χ4n) is 2.87. The van der Waals surface area contributed by atoms with Gasteiger partial charge in [-0.2, -0.15) is 0 Å². The maximum atomic E-state index is 13.9. The minimum Gasteiger partial charge on any atom is -0.383 e. The first-order chi connectivity index (χ1) is 13.8. The average molecular weight is 422 g/mol. The zero-order chi connectivity index (χ0) is 21.6. The molecule has 0 spiro atoms. The first-order valence-electron chi connectivity index (χ1n) is 9.77. The number of unbranched alkanes of at least 4 members (excludes halogenated alkanes) is 2. The Labute approximate surface area is 174 Å². The number of hydrogen-bond donors (Lipinski definition) is 3. The molecular weight excluding hydrogens is 393 g/mol. The Morgan fingerprint density at radius 3 is 2.59 bits per heavy atom. The molecule has 0 bridgehead atoms. The van der Waals surface area contributed by atoms with Gasteiger partial charge in [-0.25, -0.2) is 9.18 Å². The predicted molar refractivity (Wildman–Crippen MR) is 120 cm³/mol. The Hall–Kier alpha value is -2.68. The number of anilines is 3. The van der Waals surface area contributed by atoms with Crippen molar-refractivity contribution >= 4 is 34.5 Å². The normalized spacial score (nSPS) is 10.8. The molecule has 0 atom stereocenters. The molecule has 4 N–H and O–H groups in total. The van der Waals surface area contributed by atoms with Crippen LogP contribution in [0.4, 0.5) is 21.6 Å². The van der Waals surface area contributed by atoms with Gasteiger partial charge in [-0.1, -0.05) is 32.8 Å². The van der Waals surface area contributed by atoms with Gasteiger partial charge >= 0.3 is 5.69 Å². The number of nitrogens with zero attached hydrogens (tertiary/aromatic N) is 2. The lowest BCUT2D eigenvalue weighted by Gasteiger charge is -2.27. The van der Waals surface area contributed by atoms with Crippen LogP contribution in [0.5, 0.6) is 0 Å². The highest BCUT2D eigenvalue weighted by Crippen LogP contribution is 2.20. The summed E-state index contributed by atoms with van der Waals surface area (Å²) in [5.41, 5.74) is 6.20. The molecule has 1 aromatic heterocycles. The second-order valence-corrected chi connectivity index (χ2v) is 7.28. The third-order valence-corrected chi connectivity index (χ3v) is 4.95. The lowest BCUT2D eigenvalue weighted by molar-refractivity contribution is 0.604. The molecule has 158 valence electrons. The van der Waals surface area contributed by atoms with Crippen LogP contribution in [-0.4, -0.2) is 21.2 Å². The van der Waals surface area contributed by atoms with E-state index >= 15 is 0 Å². The van der Waals surface area contributed by atoms with Gasteiger partial charge in [-0.15, -0.1) is 0 Å². The van der Waals surface area contributed by atoms with Crippen molar-refractivity contribution in [2.45, 2.75) is 53.0 Å². The van der Waals surface area contributed by atoms with Gasteiger partial charge in [0, 0.05) is 18.8 Å². The van der Waals surface area contributed by atoms with Crippen LogP contribution >= 0.6 is 12.2 Å². The van der Waals surface area contributed by atoms with Crippen molar-refractivity contribution in [2.24, 2.45) is 0 Å². The smallest absolute Gasteiger partial charge is 0.330 e. The predicted octanol–water partition coefficient (Wildman–Crippen LogP) is 3.37. The second kappa shape index (κ2) is 10.2. The molecule has 2 aromatic rings. The van der Waals surface area contributed by atoms with E-state index in [0.29, 0.717) is 24.3 Å². The number of nitrogens with one attached hydrogen (secondary N) is 2. The molecule has 0 aliphatic rings. The standard InChI is InChI=1S/C20H28FN5O2S/c1-4-6-10-25(20(29)23-14-9-8-13(3)15(21)12-14)16-17(22)26(11-7-5-2)19(28)24-18(16)27/h8-9,12H,4-7,10-11,22H2,1-3H3,(H,23,29)(H,24,27,28). The molecule has 0 fully saturated rings.